The van der Waals surface area contributed by atoms with Crippen LogP contribution in [0.5, 0.6) is 0 Å². The molecule has 2 heterocycles. The van der Waals surface area contributed by atoms with Gasteiger partial charge in [-0.15, -0.1) is 15.3 Å². The van der Waals surface area contributed by atoms with Crippen molar-refractivity contribution < 1.29 is 8.42 Å². The molecule has 0 unspecified atom stereocenters. The van der Waals surface area contributed by atoms with Crippen molar-refractivity contribution >= 4 is 21.6 Å². The molecule has 8 nitrogen and oxygen atoms in total. The van der Waals surface area contributed by atoms with Crippen molar-refractivity contribution in [1.82, 2.24) is 24.4 Å². The highest BCUT2D eigenvalue weighted by Crippen LogP contribution is 2.30. The van der Waals surface area contributed by atoms with E-state index in [9.17, 15) is 8.42 Å². The number of hydrogen-bond donors (Lipinski definition) is 1. The van der Waals surface area contributed by atoms with Crippen molar-refractivity contribution in [2.24, 2.45) is 5.14 Å². The first-order valence-corrected chi connectivity index (χ1v) is 7.96. The Morgan fingerprint density at radius 1 is 1.32 bits per heavy atom. The Hall–Kier alpha value is -1.39. The van der Waals surface area contributed by atoms with Gasteiger partial charge < -0.3 is 0 Å². The fourth-order valence-corrected chi connectivity index (χ4v) is 3.17. The third-order valence-electron chi connectivity index (χ3n) is 2.55. The maximum Gasteiger partial charge on any atom is 0.273 e. The van der Waals surface area contributed by atoms with Crippen LogP contribution in [0.2, 0.25) is 0 Å². The van der Waals surface area contributed by atoms with Gasteiger partial charge in [0.05, 0.1) is 5.69 Å². The summed E-state index contributed by atoms with van der Waals surface area (Å²) in [6.45, 7) is 6.15. The largest absolute Gasteiger partial charge is 0.296 e. The van der Waals surface area contributed by atoms with Crippen molar-refractivity contribution in [2.75, 3.05) is 0 Å². The summed E-state index contributed by atoms with van der Waals surface area (Å²) in [5.74, 6) is 0.596. The number of nitrogens with zero attached hydrogens (tertiary/aromatic N) is 5. The normalized spacial score (nSPS) is 12.3. The van der Waals surface area contributed by atoms with Gasteiger partial charge in [0.15, 0.2) is 5.82 Å². The fraction of sp³-hybridized carbons (Fsp3) is 0.556. The minimum Gasteiger partial charge on any atom is -0.296 e. The molecule has 104 valence electrons. The number of rotatable bonds is 4. The van der Waals surface area contributed by atoms with E-state index >= 15 is 0 Å². The van der Waals surface area contributed by atoms with Crippen molar-refractivity contribution in [3.8, 4) is 10.7 Å². The second-order valence-corrected chi connectivity index (χ2v) is 6.45. The summed E-state index contributed by atoms with van der Waals surface area (Å²) < 4.78 is 28.2. The molecule has 0 saturated carbocycles. The van der Waals surface area contributed by atoms with Gasteiger partial charge in [-0.2, -0.15) is 0 Å². The average Bonchev–Trinajstić information content (AvgIpc) is 2.93. The predicted octanol–water partition coefficient (Wildman–Crippen LogP) is 0.587. The average molecular weight is 302 g/mol. The molecular weight excluding hydrogens is 288 g/mol. The Bertz CT molecular complexity index is 687. The van der Waals surface area contributed by atoms with Crippen molar-refractivity contribution in [1.29, 1.82) is 0 Å². The highest BCUT2D eigenvalue weighted by Gasteiger charge is 2.25. The van der Waals surface area contributed by atoms with Gasteiger partial charge >= 0.3 is 0 Å². The standard InChI is InChI=1S/C9H14N6O2S2/c1-4-15-8(12-13-9(15)19(10,16)17)7-6(5(2)3)11-14-18-7/h5H,4H2,1-3H3,(H2,10,16,17). The maximum atomic E-state index is 11.4. The highest BCUT2D eigenvalue weighted by atomic mass is 32.2. The zero-order chi connectivity index (χ0) is 14.2. The molecule has 0 saturated heterocycles. The molecule has 2 aromatic rings. The van der Waals surface area contributed by atoms with E-state index in [2.05, 4.69) is 19.8 Å². The second-order valence-electron chi connectivity index (χ2n) is 4.24. The zero-order valence-corrected chi connectivity index (χ0v) is 12.4. The summed E-state index contributed by atoms with van der Waals surface area (Å²) in [6, 6.07) is 0. The van der Waals surface area contributed by atoms with E-state index in [1.807, 2.05) is 13.8 Å². The second kappa shape index (κ2) is 4.94. The van der Waals surface area contributed by atoms with Gasteiger partial charge in [-0.25, -0.2) is 13.6 Å². The summed E-state index contributed by atoms with van der Waals surface area (Å²) in [5, 5.41) is 16.5. The van der Waals surface area contributed by atoms with Gasteiger partial charge in [0.25, 0.3) is 15.2 Å². The van der Waals surface area contributed by atoms with Gasteiger partial charge in [0, 0.05) is 6.54 Å². The van der Waals surface area contributed by atoms with Gasteiger partial charge in [-0.05, 0) is 24.4 Å². The molecule has 0 bridgehead atoms. The van der Waals surface area contributed by atoms with Gasteiger partial charge in [-0.1, -0.05) is 18.3 Å². The van der Waals surface area contributed by atoms with E-state index < -0.39 is 10.0 Å². The smallest absolute Gasteiger partial charge is 0.273 e. The Balaban J connectivity index is 2.64. The van der Waals surface area contributed by atoms with Gasteiger partial charge in [0.2, 0.25) is 0 Å². The number of hydrogen-bond acceptors (Lipinski definition) is 7. The number of sulfonamides is 1. The Kier molecular flexibility index (Phi) is 3.65. The van der Waals surface area contributed by atoms with Gasteiger partial charge in [-0.3, -0.25) is 4.57 Å². The van der Waals surface area contributed by atoms with Crippen LogP contribution in [0.25, 0.3) is 10.7 Å². The summed E-state index contributed by atoms with van der Waals surface area (Å²) in [7, 11) is -3.90. The Morgan fingerprint density at radius 3 is 2.53 bits per heavy atom. The predicted molar refractivity (Wildman–Crippen MR) is 70.1 cm³/mol. The SMILES string of the molecule is CCn1c(-c2snnc2C(C)C)nnc1S(N)(=O)=O. The zero-order valence-electron chi connectivity index (χ0n) is 10.7. The molecule has 2 N–H and O–H groups in total. The van der Waals surface area contributed by atoms with Crippen LogP contribution in [0, 0.1) is 0 Å². The monoisotopic (exact) mass is 302 g/mol. The van der Waals surface area contributed by atoms with Crippen LogP contribution in [-0.2, 0) is 16.6 Å². The van der Waals surface area contributed by atoms with E-state index in [4.69, 9.17) is 5.14 Å². The third kappa shape index (κ3) is 2.51. The van der Waals surface area contributed by atoms with E-state index in [1.54, 1.807) is 6.92 Å². The van der Waals surface area contributed by atoms with Crippen molar-refractivity contribution in [3.63, 3.8) is 0 Å². The van der Waals surface area contributed by atoms with Crippen LogP contribution in [0.15, 0.2) is 5.16 Å². The molecule has 0 aliphatic carbocycles. The molecule has 0 spiro atoms. The molecule has 2 rings (SSSR count). The van der Waals surface area contributed by atoms with Crippen LogP contribution in [-0.4, -0.2) is 32.8 Å². The molecular formula is C9H14N6O2S2. The molecule has 19 heavy (non-hydrogen) atoms. The molecule has 0 aliphatic heterocycles. The summed E-state index contributed by atoms with van der Waals surface area (Å²) in [4.78, 5) is 0.722. The Morgan fingerprint density at radius 2 is 2.00 bits per heavy atom. The van der Waals surface area contributed by atoms with Crippen LogP contribution in [0.1, 0.15) is 32.4 Å². The Labute approximate surface area is 114 Å². The molecule has 0 radical (unpaired) electrons. The maximum absolute atomic E-state index is 11.4. The van der Waals surface area contributed by atoms with E-state index in [0.717, 1.165) is 22.1 Å². The van der Waals surface area contributed by atoms with E-state index in [0.29, 0.717) is 12.4 Å². The molecule has 10 heteroatoms. The summed E-state index contributed by atoms with van der Waals surface area (Å²) in [5.41, 5.74) is 0.771. The highest BCUT2D eigenvalue weighted by molar-refractivity contribution is 7.89. The lowest BCUT2D eigenvalue weighted by Gasteiger charge is -2.06. The molecule has 0 atom stereocenters. The minimum atomic E-state index is -3.90. The first kappa shape index (κ1) is 14.0. The van der Waals surface area contributed by atoms with Gasteiger partial charge in [0.1, 0.15) is 4.88 Å². The topological polar surface area (TPSA) is 117 Å². The lowest BCUT2D eigenvalue weighted by molar-refractivity contribution is 0.571. The quantitative estimate of drug-likeness (QED) is 0.883. The van der Waals surface area contributed by atoms with Crippen molar-refractivity contribution in [3.05, 3.63) is 5.69 Å². The lowest BCUT2D eigenvalue weighted by atomic mass is 10.1. The summed E-state index contributed by atoms with van der Waals surface area (Å²) >= 11 is 1.16. The number of primary sulfonamides is 1. The van der Waals surface area contributed by atoms with E-state index in [1.165, 1.54) is 4.57 Å². The molecule has 0 aliphatic rings. The minimum absolute atomic E-state index is 0.161. The third-order valence-corrected chi connectivity index (χ3v) is 4.10. The lowest BCUT2D eigenvalue weighted by Crippen LogP contribution is -2.18. The molecule has 2 aromatic heterocycles. The fourth-order valence-electron chi connectivity index (χ4n) is 1.68. The van der Waals surface area contributed by atoms with Crippen LogP contribution < -0.4 is 5.14 Å². The molecule has 0 aromatic carbocycles. The first-order valence-electron chi connectivity index (χ1n) is 5.64. The first-order chi connectivity index (χ1) is 8.86. The number of nitrogens with two attached hydrogens (primary N) is 1. The van der Waals surface area contributed by atoms with E-state index in [-0.39, 0.29) is 11.1 Å². The van der Waals surface area contributed by atoms with Crippen LogP contribution in [0.3, 0.4) is 0 Å². The summed E-state index contributed by atoms with van der Waals surface area (Å²) in [6.07, 6.45) is 0. The van der Waals surface area contributed by atoms with Crippen LogP contribution >= 0.6 is 11.5 Å². The number of aromatic nitrogens is 5. The van der Waals surface area contributed by atoms with Crippen molar-refractivity contribution in [2.45, 2.75) is 38.4 Å². The molecule has 0 fully saturated rings. The molecule has 0 amide bonds. The van der Waals surface area contributed by atoms with Crippen LogP contribution in [0.4, 0.5) is 0 Å².